The Kier molecular flexibility index (Phi) is 2.06. The van der Waals surface area contributed by atoms with Gasteiger partial charge in [0, 0.05) is 29.5 Å². The molecule has 0 radical (unpaired) electrons. The highest BCUT2D eigenvalue weighted by Crippen LogP contribution is 2.40. The Morgan fingerprint density at radius 1 is 1.20 bits per heavy atom. The fourth-order valence-electron chi connectivity index (χ4n) is 2.49. The van der Waals surface area contributed by atoms with Crippen LogP contribution in [0.2, 0.25) is 0 Å². The standard InChI is InChI=1S/C12H15NO2/c13-4-1-10-9-3-6-14-11(9)7-8-2-5-15-12(8)10/h7H,1-6,13H2. The van der Waals surface area contributed by atoms with E-state index in [1.54, 1.807) is 0 Å². The third-order valence-electron chi connectivity index (χ3n) is 3.15. The predicted molar refractivity (Wildman–Crippen MR) is 57.6 cm³/mol. The molecule has 0 unspecified atom stereocenters. The second kappa shape index (κ2) is 3.42. The first kappa shape index (κ1) is 9.04. The lowest BCUT2D eigenvalue weighted by atomic mass is 9.97. The monoisotopic (exact) mass is 205 g/mol. The zero-order valence-electron chi connectivity index (χ0n) is 8.71. The van der Waals surface area contributed by atoms with Crippen molar-refractivity contribution in [3.8, 4) is 11.5 Å². The molecule has 0 fully saturated rings. The summed E-state index contributed by atoms with van der Waals surface area (Å²) in [5, 5.41) is 0. The largest absolute Gasteiger partial charge is 0.493 e. The topological polar surface area (TPSA) is 44.5 Å². The maximum atomic E-state index is 5.70. The van der Waals surface area contributed by atoms with E-state index in [0.717, 1.165) is 44.0 Å². The summed E-state index contributed by atoms with van der Waals surface area (Å²) in [7, 11) is 0. The lowest BCUT2D eigenvalue weighted by Gasteiger charge is -2.11. The molecule has 15 heavy (non-hydrogen) atoms. The van der Waals surface area contributed by atoms with E-state index in [1.807, 2.05) is 0 Å². The molecular weight excluding hydrogens is 190 g/mol. The van der Waals surface area contributed by atoms with Gasteiger partial charge in [-0.3, -0.25) is 0 Å². The molecule has 0 amide bonds. The van der Waals surface area contributed by atoms with Crippen molar-refractivity contribution in [2.24, 2.45) is 5.73 Å². The Balaban J connectivity index is 2.16. The molecule has 3 rings (SSSR count). The highest BCUT2D eigenvalue weighted by molar-refractivity contribution is 5.56. The minimum absolute atomic E-state index is 0.673. The SMILES string of the molecule is NCCc1c2c(cc3c1OCC3)OCC2. The van der Waals surface area contributed by atoms with Crippen LogP contribution in [-0.4, -0.2) is 19.8 Å². The zero-order chi connectivity index (χ0) is 10.3. The first-order chi connectivity index (χ1) is 7.40. The van der Waals surface area contributed by atoms with Gasteiger partial charge in [-0.2, -0.15) is 0 Å². The van der Waals surface area contributed by atoms with Crippen LogP contribution >= 0.6 is 0 Å². The van der Waals surface area contributed by atoms with Gasteiger partial charge < -0.3 is 15.2 Å². The molecule has 0 spiro atoms. The Hall–Kier alpha value is -1.22. The molecule has 0 aromatic heterocycles. The molecule has 2 aliphatic rings. The van der Waals surface area contributed by atoms with Gasteiger partial charge in [-0.15, -0.1) is 0 Å². The third kappa shape index (κ3) is 1.30. The van der Waals surface area contributed by atoms with Crippen LogP contribution in [0.4, 0.5) is 0 Å². The van der Waals surface area contributed by atoms with Crippen LogP contribution in [0.25, 0.3) is 0 Å². The van der Waals surface area contributed by atoms with Crippen molar-refractivity contribution >= 4 is 0 Å². The minimum Gasteiger partial charge on any atom is -0.493 e. The van der Waals surface area contributed by atoms with Gasteiger partial charge in [-0.1, -0.05) is 0 Å². The van der Waals surface area contributed by atoms with Crippen molar-refractivity contribution in [3.63, 3.8) is 0 Å². The summed E-state index contributed by atoms with van der Waals surface area (Å²) >= 11 is 0. The number of rotatable bonds is 2. The molecule has 2 heterocycles. The predicted octanol–water partition coefficient (Wildman–Crippen LogP) is 1.06. The van der Waals surface area contributed by atoms with E-state index in [0.29, 0.717) is 6.54 Å². The number of ether oxygens (including phenoxy) is 2. The smallest absolute Gasteiger partial charge is 0.126 e. The molecule has 0 saturated heterocycles. The second-order valence-corrected chi connectivity index (χ2v) is 4.06. The average molecular weight is 205 g/mol. The molecule has 0 bridgehead atoms. The molecule has 80 valence electrons. The van der Waals surface area contributed by atoms with Crippen molar-refractivity contribution in [2.75, 3.05) is 19.8 Å². The molecule has 3 heteroatoms. The van der Waals surface area contributed by atoms with Crippen LogP contribution in [-0.2, 0) is 19.3 Å². The maximum Gasteiger partial charge on any atom is 0.126 e. The van der Waals surface area contributed by atoms with E-state index in [4.69, 9.17) is 15.2 Å². The van der Waals surface area contributed by atoms with Crippen molar-refractivity contribution < 1.29 is 9.47 Å². The average Bonchev–Trinajstić information content (AvgIpc) is 2.84. The molecule has 0 saturated carbocycles. The Morgan fingerprint density at radius 3 is 2.93 bits per heavy atom. The van der Waals surface area contributed by atoms with Crippen LogP contribution in [0.1, 0.15) is 16.7 Å². The highest BCUT2D eigenvalue weighted by atomic mass is 16.5. The first-order valence-corrected chi connectivity index (χ1v) is 5.53. The van der Waals surface area contributed by atoms with Gasteiger partial charge in [0.2, 0.25) is 0 Å². The van der Waals surface area contributed by atoms with Crippen LogP contribution in [0.5, 0.6) is 11.5 Å². The summed E-state index contributed by atoms with van der Waals surface area (Å²) in [6.07, 6.45) is 2.90. The van der Waals surface area contributed by atoms with Crippen molar-refractivity contribution in [2.45, 2.75) is 19.3 Å². The summed E-state index contributed by atoms with van der Waals surface area (Å²) in [4.78, 5) is 0. The van der Waals surface area contributed by atoms with E-state index in [1.165, 1.54) is 16.7 Å². The number of hydrogen-bond donors (Lipinski definition) is 1. The molecule has 0 aliphatic carbocycles. The summed E-state index contributed by atoms with van der Waals surface area (Å²) in [5.74, 6) is 2.15. The van der Waals surface area contributed by atoms with E-state index in [9.17, 15) is 0 Å². The van der Waals surface area contributed by atoms with Crippen LogP contribution in [0.3, 0.4) is 0 Å². The summed E-state index contributed by atoms with van der Waals surface area (Å²) in [6.45, 7) is 2.28. The number of hydrogen-bond acceptors (Lipinski definition) is 3. The van der Waals surface area contributed by atoms with Crippen molar-refractivity contribution in [1.29, 1.82) is 0 Å². The maximum absolute atomic E-state index is 5.70. The summed E-state index contributed by atoms with van der Waals surface area (Å²) in [5.41, 5.74) is 9.56. The van der Waals surface area contributed by atoms with Gasteiger partial charge in [0.05, 0.1) is 13.2 Å². The Labute approximate surface area is 89.2 Å². The van der Waals surface area contributed by atoms with Crippen LogP contribution < -0.4 is 15.2 Å². The molecule has 1 aromatic carbocycles. The van der Waals surface area contributed by atoms with Crippen molar-refractivity contribution in [1.82, 2.24) is 0 Å². The molecule has 2 N–H and O–H groups in total. The minimum atomic E-state index is 0.673. The lowest BCUT2D eigenvalue weighted by Crippen LogP contribution is -2.06. The van der Waals surface area contributed by atoms with Crippen LogP contribution in [0.15, 0.2) is 6.07 Å². The summed E-state index contributed by atoms with van der Waals surface area (Å²) < 4.78 is 11.3. The van der Waals surface area contributed by atoms with Gasteiger partial charge in [-0.05, 0) is 19.0 Å². The van der Waals surface area contributed by atoms with E-state index < -0.39 is 0 Å². The van der Waals surface area contributed by atoms with E-state index in [2.05, 4.69) is 6.07 Å². The Morgan fingerprint density at radius 2 is 2.07 bits per heavy atom. The highest BCUT2D eigenvalue weighted by Gasteiger charge is 2.25. The molecule has 0 atom stereocenters. The molecule has 2 aliphatic heterocycles. The fourth-order valence-corrected chi connectivity index (χ4v) is 2.49. The third-order valence-corrected chi connectivity index (χ3v) is 3.15. The van der Waals surface area contributed by atoms with Gasteiger partial charge in [0.1, 0.15) is 11.5 Å². The van der Waals surface area contributed by atoms with Crippen molar-refractivity contribution in [3.05, 3.63) is 22.8 Å². The van der Waals surface area contributed by atoms with Gasteiger partial charge in [-0.25, -0.2) is 0 Å². The quantitative estimate of drug-likeness (QED) is 0.785. The number of benzene rings is 1. The van der Waals surface area contributed by atoms with E-state index in [-0.39, 0.29) is 0 Å². The van der Waals surface area contributed by atoms with Gasteiger partial charge in [0.15, 0.2) is 0 Å². The second-order valence-electron chi connectivity index (χ2n) is 4.06. The molecule has 1 aromatic rings. The van der Waals surface area contributed by atoms with Gasteiger partial charge in [0.25, 0.3) is 0 Å². The lowest BCUT2D eigenvalue weighted by molar-refractivity contribution is 0.353. The van der Waals surface area contributed by atoms with E-state index >= 15 is 0 Å². The van der Waals surface area contributed by atoms with Gasteiger partial charge >= 0.3 is 0 Å². The Bertz CT molecular complexity index is 369. The number of nitrogens with two attached hydrogens (primary N) is 1. The number of fused-ring (bicyclic) bond motifs is 2. The fraction of sp³-hybridized carbons (Fsp3) is 0.500. The summed E-state index contributed by atoms with van der Waals surface area (Å²) in [6, 6.07) is 2.14. The first-order valence-electron chi connectivity index (χ1n) is 5.53. The zero-order valence-corrected chi connectivity index (χ0v) is 8.71. The molecular formula is C12H15NO2. The van der Waals surface area contributed by atoms with Crippen LogP contribution in [0, 0.1) is 0 Å². The molecule has 3 nitrogen and oxygen atoms in total. The normalized spacial score (nSPS) is 16.9.